The van der Waals surface area contributed by atoms with Crippen molar-refractivity contribution in [2.45, 2.75) is 19.3 Å². The number of methoxy groups -OCH3 is 1. The first-order valence-corrected chi connectivity index (χ1v) is 6.08. The van der Waals surface area contributed by atoms with Crippen molar-refractivity contribution in [3.05, 3.63) is 23.8 Å². The number of carbonyl (C=O) groups excluding carboxylic acids is 1. The van der Waals surface area contributed by atoms with Gasteiger partial charge in [-0.2, -0.15) is 5.26 Å². The van der Waals surface area contributed by atoms with Gasteiger partial charge in [-0.25, -0.2) is 4.79 Å². The van der Waals surface area contributed by atoms with E-state index in [-0.39, 0.29) is 5.41 Å². The lowest BCUT2D eigenvalue weighted by molar-refractivity contribution is 0.0594. The lowest BCUT2D eigenvalue weighted by Gasteiger charge is -2.15. The smallest absolute Gasteiger partial charge is 0.341 e. The molecule has 1 aliphatic rings. The van der Waals surface area contributed by atoms with Crippen LogP contribution in [0.4, 0.5) is 5.69 Å². The fourth-order valence-electron chi connectivity index (χ4n) is 1.89. The molecule has 1 fully saturated rings. The molecule has 5 nitrogen and oxygen atoms in total. The second kappa shape index (κ2) is 5.19. The van der Waals surface area contributed by atoms with Crippen LogP contribution < -0.4 is 10.5 Å². The minimum atomic E-state index is -0.479. The Morgan fingerprint density at radius 3 is 2.84 bits per heavy atom. The van der Waals surface area contributed by atoms with Crippen LogP contribution in [-0.4, -0.2) is 19.7 Å². The van der Waals surface area contributed by atoms with E-state index in [0.717, 1.165) is 12.8 Å². The van der Waals surface area contributed by atoms with E-state index < -0.39 is 5.97 Å². The van der Waals surface area contributed by atoms with E-state index in [2.05, 4.69) is 6.07 Å². The molecule has 1 aromatic rings. The molecule has 0 atom stereocenters. The van der Waals surface area contributed by atoms with Gasteiger partial charge in [-0.3, -0.25) is 0 Å². The first-order chi connectivity index (χ1) is 9.10. The largest absolute Gasteiger partial charge is 0.492 e. The number of ether oxygens (including phenoxy) is 2. The Balaban J connectivity index is 2.12. The van der Waals surface area contributed by atoms with Crippen LogP contribution in [0.2, 0.25) is 0 Å². The summed E-state index contributed by atoms with van der Waals surface area (Å²) >= 11 is 0. The number of hydrogen-bond acceptors (Lipinski definition) is 5. The lowest BCUT2D eigenvalue weighted by atomic mass is 10.1. The highest BCUT2D eigenvalue weighted by atomic mass is 16.5. The number of nitriles is 1. The monoisotopic (exact) mass is 260 g/mol. The molecule has 5 heteroatoms. The number of carbonyl (C=O) groups is 1. The Morgan fingerprint density at radius 1 is 1.53 bits per heavy atom. The number of nitrogens with two attached hydrogens (primary N) is 1. The average molecular weight is 260 g/mol. The Labute approximate surface area is 111 Å². The summed E-state index contributed by atoms with van der Waals surface area (Å²) in [5.74, 6) is -0.0299. The van der Waals surface area contributed by atoms with Crippen LogP contribution in [0.25, 0.3) is 0 Å². The van der Waals surface area contributed by atoms with Gasteiger partial charge >= 0.3 is 5.97 Å². The van der Waals surface area contributed by atoms with Gasteiger partial charge in [-0.05, 0) is 31.0 Å². The van der Waals surface area contributed by atoms with Crippen LogP contribution in [-0.2, 0) is 4.74 Å². The van der Waals surface area contributed by atoms with Gasteiger partial charge in [0, 0.05) is 17.5 Å². The van der Waals surface area contributed by atoms with Crippen molar-refractivity contribution in [1.82, 2.24) is 0 Å². The maximum Gasteiger partial charge on any atom is 0.341 e. The summed E-state index contributed by atoms with van der Waals surface area (Å²) in [6.45, 7) is 0.439. The van der Waals surface area contributed by atoms with E-state index >= 15 is 0 Å². The number of nitrogen functional groups attached to an aromatic ring is 1. The third-order valence-electron chi connectivity index (χ3n) is 3.35. The molecule has 1 saturated carbocycles. The van der Waals surface area contributed by atoms with Gasteiger partial charge in [-0.1, -0.05) is 0 Å². The Kier molecular flexibility index (Phi) is 3.61. The summed E-state index contributed by atoms with van der Waals surface area (Å²) in [6, 6.07) is 7.03. The van der Waals surface area contributed by atoms with E-state index in [1.807, 2.05) is 0 Å². The molecule has 2 rings (SSSR count). The molecular weight excluding hydrogens is 244 g/mol. The van der Waals surface area contributed by atoms with Crippen LogP contribution in [0.15, 0.2) is 18.2 Å². The average Bonchev–Trinajstić information content (AvgIpc) is 3.17. The van der Waals surface area contributed by atoms with Crippen molar-refractivity contribution in [1.29, 1.82) is 5.26 Å². The van der Waals surface area contributed by atoms with Crippen LogP contribution in [0.1, 0.15) is 29.6 Å². The maximum absolute atomic E-state index is 11.6. The van der Waals surface area contributed by atoms with Crippen molar-refractivity contribution in [3.8, 4) is 11.8 Å². The summed E-state index contributed by atoms with van der Waals surface area (Å²) in [4.78, 5) is 11.6. The van der Waals surface area contributed by atoms with Gasteiger partial charge in [0.05, 0.1) is 19.8 Å². The highest BCUT2D eigenvalue weighted by Crippen LogP contribution is 2.48. The van der Waals surface area contributed by atoms with E-state index in [0.29, 0.717) is 30.0 Å². The van der Waals surface area contributed by atoms with Crippen molar-refractivity contribution in [2.75, 3.05) is 19.5 Å². The number of nitrogens with zero attached hydrogens (tertiary/aromatic N) is 1. The quantitative estimate of drug-likeness (QED) is 0.647. The predicted octanol–water partition coefficient (Wildman–Crippen LogP) is 2.13. The van der Waals surface area contributed by atoms with E-state index in [9.17, 15) is 4.79 Å². The van der Waals surface area contributed by atoms with E-state index in [4.69, 9.17) is 20.5 Å². The Hall–Kier alpha value is -2.22. The zero-order valence-corrected chi connectivity index (χ0v) is 10.8. The summed E-state index contributed by atoms with van der Waals surface area (Å²) in [7, 11) is 1.31. The molecule has 19 heavy (non-hydrogen) atoms. The minimum Gasteiger partial charge on any atom is -0.492 e. The van der Waals surface area contributed by atoms with Gasteiger partial charge in [0.15, 0.2) is 0 Å². The highest BCUT2D eigenvalue weighted by molar-refractivity contribution is 5.93. The second-order valence-electron chi connectivity index (χ2n) is 4.87. The molecule has 0 aromatic heterocycles. The van der Waals surface area contributed by atoms with Crippen molar-refractivity contribution < 1.29 is 14.3 Å². The first kappa shape index (κ1) is 13.2. The molecule has 0 saturated heterocycles. The summed E-state index contributed by atoms with van der Waals surface area (Å²) in [6.07, 6.45) is 2.46. The third kappa shape index (κ3) is 2.97. The normalized spacial score (nSPS) is 15.4. The molecule has 0 spiro atoms. The van der Waals surface area contributed by atoms with E-state index in [1.54, 1.807) is 12.1 Å². The van der Waals surface area contributed by atoms with Crippen molar-refractivity contribution in [3.63, 3.8) is 0 Å². The SMILES string of the molecule is COC(=O)c1cc(N)ccc1OCC1(CC#N)CC1. The number of hydrogen-bond donors (Lipinski definition) is 1. The molecule has 0 unspecified atom stereocenters. The summed E-state index contributed by atoms with van der Waals surface area (Å²) in [5, 5.41) is 8.76. The molecule has 0 radical (unpaired) electrons. The third-order valence-corrected chi connectivity index (χ3v) is 3.35. The van der Waals surface area contributed by atoms with Crippen LogP contribution >= 0.6 is 0 Å². The molecule has 1 aromatic carbocycles. The molecule has 100 valence electrons. The highest BCUT2D eigenvalue weighted by Gasteiger charge is 2.43. The molecular formula is C14H16N2O3. The molecule has 1 aliphatic carbocycles. The fourth-order valence-corrected chi connectivity index (χ4v) is 1.89. The number of anilines is 1. The number of rotatable bonds is 5. The van der Waals surface area contributed by atoms with Crippen LogP contribution in [0, 0.1) is 16.7 Å². The molecule has 2 N–H and O–H groups in total. The van der Waals surface area contributed by atoms with Gasteiger partial charge in [0.2, 0.25) is 0 Å². The molecule has 0 bridgehead atoms. The van der Waals surface area contributed by atoms with Crippen molar-refractivity contribution >= 4 is 11.7 Å². The van der Waals surface area contributed by atoms with Gasteiger partial charge < -0.3 is 15.2 Å². The molecule has 0 amide bonds. The van der Waals surface area contributed by atoms with Gasteiger partial charge in [-0.15, -0.1) is 0 Å². The number of benzene rings is 1. The number of esters is 1. The standard InChI is InChI=1S/C14H16N2O3/c1-18-13(17)11-8-10(16)2-3-12(11)19-9-14(4-5-14)6-7-15/h2-3,8H,4-6,9,16H2,1H3. The lowest BCUT2D eigenvalue weighted by Crippen LogP contribution is -2.14. The maximum atomic E-state index is 11.6. The molecule has 0 heterocycles. The zero-order chi connectivity index (χ0) is 13.9. The Morgan fingerprint density at radius 2 is 2.26 bits per heavy atom. The van der Waals surface area contributed by atoms with Crippen LogP contribution in [0.3, 0.4) is 0 Å². The van der Waals surface area contributed by atoms with Crippen molar-refractivity contribution in [2.24, 2.45) is 5.41 Å². The summed E-state index contributed by atoms with van der Waals surface area (Å²) in [5.41, 5.74) is 6.41. The first-order valence-electron chi connectivity index (χ1n) is 6.08. The summed E-state index contributed by atoms with van der Waals surface area (Å²) < 4.78 is 10.4. The van der Waals surface area contributed by atoms with Crippen LogP contribution in [0.5, 0.6) is 5.75 Å². The van der Waals surface area contributed by atoms with Gasteiger partial charge in [0.1, 0.15) is 11.3 Å². The minimum absolute atomic E-state index is 0.0382. The second-order valence-corrected chi connectivity index (χ2v) is 4.87. The van der Waals surface area contributed by atoms with E-state index in [1.165, 1.54) is 13.2 Å². The fraction of sp³-hybridized carbons (Fsp3) is 0.429. The van der Waals surface area contributed by atoms with Gasteiger partial charge in [0.25, 0.3) is 0 Å². The molecule has 0 aliphatic heterocycles. The predicted molar refractivity (Wildman–Crippen MR) is 69.6 cm³/mol. The zero-order valence-electron chi connectivity index (χ0n) is 10.8. The Bertz CT molecular complexity index is 530. The topological polar surface area (TPSA) is 85.3 Å².